The number of carbonyl (C=O) groups is 1. The van der Waals surface area contributed by atoms with E-state index in [0.717, 1.165) is 5.56 Å². The predicted octanol–water partition coefficient (Wildman–Crippen LogP) is 2.30. The van der Waals surface area contributed by atoms with Crippen LogP contribution in [0.15, 0.2) is 29.4 Å². The highest BCUT2D eigenvalue weighted by atomic mass is 16.6. The molecule has 0 saturated carbocycles. The van der Waals surface area contributed by atoms with Crippen LogP contribution in [0.1, 0.15) is 29.3 Å². The van der Waals surface area contributed by atoms with Crippen LogP contribution in [0.3, 0.4) is 0 Å². The van der Waals surface area contributed by atoms with Crippen molar-refractivity contribution >= 4 is 11.7 Å². The zero-order valence-corrected chi connectivity index (χ0v) is 12.5. The van der Waals surface area contributed by atoms with E-state index in [1.54, 1.807) is 12.1 Å². The molecule has 1 aromatic rings. The molecule has 1 unspecified atom stereocenters. The van der Waals surface area contributed by atoms with Gasteiger partial charge in [-0.2, -0.15) is 5.26 Å². The number of nitrogens with zero attached hydrogens (tertiary/aromatic N) is 2. The number of aryl methyl sites for hydroxylation is 1. The number of hydrogen-bond donors (Lipinski definition) is 1. The molecule has 3 atom stereocenters. The molecule has 116 valence electrons. The van der Waals surface area contributed by atoms with Crippen LogP contribution >= 0.6 is 0 Å². The molecule has 1 saturated heterocycles. The van der Waals surface area contributed by atoms with E-state index in [9.17, 15) is 4.79 Å². The SMILES string of the molecule is Cc1ccc(C(=O)OC[C@@H]2CC(C)[C@H](/C(C#N)=N/O)O2)cc1. The van der Waals surface area contributed by atoms with Crippen molar-refractivity contribution in [3.05, 3.63) is 35.4 Å². The van der Waals surface area contributed by atoms with Gasteiger partial charge in [0, 0.05) is 0 Å². The molecule has 2 rings (SSSR count). The molecule has 1 heterocycles. The van der Waals surface area contributed by atoms with Gasteiger partial charge in [0.05, 0.1) is 11.7 Å². The number of oxime groups is 1. The average molecular weight is 302 g/mol. The van der Waals surface area contributed by atoms with Crippen molar-refractivity contribution < 1.29 is 19.5 Å². The van der Waals surface area contributed by atoms with Gasteiger partial charge < -0.3 is 14.7 Å². The summed E-state index contributed by atoms with van der Waals surface area (Å²) in [6.07, 6.45) is -0.232. The van der Waals surface area contributed by atoms with E-state index in [1.165, 1.54) is 0 Å². The van der Waals surface area contributed by atoms with Gasteiger partial charge in [-0.25, -0.2) is 4.79 Å². The molecule has 1 fully saturated rings. The predicted molar refractivity (Wildman–Crippen MR) is 78.7 cm³/mol. The van der Waals surface area contributed by atoms with E-state index in [2.05, 4.69) is 5.16 Å². The molecule has 0 bridgehead atoms. The Morgan fingerprint density at radius 2 is 2.18 bits per heavy atom. The van der Waals surface area contributed by atoms with Crippen molar-refractivity contribution in [2.75, 3.05) is 6.61 Å². The quantitative estimate of drug-likeness (QED) is 0.399. The zero-order chi connectivity index (χ0) is 16.1. The van der Waals surface area contributed by atoms with Crippen molar-refractivity contribution in [2.45, 2.75) is 32.5 Å². The first-order chi connectivity index (χ1) is 10.5. The lowest BCUT2D eigenvalue weighted by atomic mass is 9.99. The number of carbonyl (C=O) groups excluding carboxylic acids is 1. The van der Waals surface area contributed by atoms with Crippen molar-refractivity contribution in [3.8, 4) is 6.07 Å². The fraction of sp³-hybridized carbons (Fsp3) is 0.438. The lowest BCUT2D eigenvalue weighted by Gasteiger charge is -2.13. The van der Waals surface area contributed by atoms with Crippen molar-refractivity contribution in [1.29, 1.82) is 5.26 Å². The maximum Gasteiger partial charge on any atom is 0.338 e. The molecule has 1 aliphatic heterocycles. The topological polar surface area (TPSA) is 91.9 Å². The summed E-state index contributed by atoms with van der Waals surface area (Å²) >= 11 is 0. The second-order valence-corrected chi connectivity index (χ2v) is 5.45. The molecule has 6 heteroatoms. The van der Waals surface area contributed by atoms with Crippen LogP contribution in [0.5, 0.6) is 0 Å². The number of hydrogen-bond acceptors (Lipinski definition) is 6. The molecule has 22 heavy (non-hydrogen) atoms. The summed E-state index contributed by atoms with van der Waals surface area (Å²) in [5.41, 5.74) is 1.50. The van der Waals surface area contributed by atoms with Gasteiger partial charge in [0.1, 0.15) is 18.8 Å². The fourth-order valence-corrected chi connectivity index (χ4v) is 2.46. The van der Waals surface area contributed by atoms with Gasteiger partial charge in [-0.15, -0.1) is 0 Å². The normalized spacial score (nSPS) is 24.8. The Kier molecular flexibility index (Phi) is 5.12. The summed E-state index contributed by atoms with van der Waals surface area (Å²) in [5.74, 6) is -0.385. The number of benzene rings is 1. The van der Waals surface area contributed by atoms with Gasteiger partial charge in [0.15, 0.2) is 5.71 Å². The first kappa shape index (κ1) is 16.0. The molecule has 0 radical (unpaired) electrons. The molecule has 0 amide bonds. The third-order valence-corrected chi connectivity index (χ3v) is 3.67. The molecule has 1 aliphatic rings. The first-order valence-corrected chi connectivity index (χ1v) is 7.06. The van der Waals surface area contributed by atoms with Crippen LogP contribution in [0.4, 0.5) is 0 Å². The molecule has 0 aromatic heterocycles. The molecular weight excluding hydrogens is 284 g/mol. The second-order valence-electron chi connectivity index (χ2n) is 5.45. The van der Waals surface area contributed by atoms with Crippen LogP contribution in [0.2, 0.25) is 0 Å². The summed E-state index contributed by atoms with van der Waals surface area (Å²) in [4.78, 5) is 11.9. The summed E-state index contributed by atoms with van der Waals surface area (Å²) < 4.78 is 10.9. The molecule has 1 N–H and O–H groups in total. The minimum absolute atomic E-state index is 0.0219. The van der Waals surface area contributed by atoms with E-state index in [0.29, 0.717) is 12.0 Å². The standard InChI is InChI=1S/C16H18N2O4/c1-10-3-5-12(6-4-10)16(19)21-9-13-7-11(2)15(22-13)14(8-17)18-20/h3-6,11,13,15,20H,7,9H2,1-2H3/b18-14+/t11?,13-,15+/m0/s1. The Hall–Kier alpha value is -2.39. The highest BCUT2D eigenvalue weighted by Gasteiger charge is 2.36. The maximum atomic E-state index is 11.9. The third kappa shape index (κ3) is 3.62. The monoisotopic (exact) mass is 302 g/mol. The van der Waals surface area contributed by atoms with Crippen molar-refractivity contribution in [1.82, 2.24) is 0 Å². The van der Waals surface area contributed by atoms with Crippen LogP contribution in [-0.2, 0) is 9.47 Å². The Labute approximate surface area is 128 Å². The Morgan fingerprint density at radius 3 is 2.77 bits per heavy atom. The number of ether oxygens (including phenoxy) is 2. The van der Waals surface area contributed by atoms with Gasteiger partial charge in [-0.05, 0) is 31.4 Å². The van der Waals surface area contributed by atoms with Crippen LogP contribution in [0, 0.1) is 24.2 Å². The summed E-state index contributed by atoms with van der Waals surface area (Å²) in [6.45, 7) is 3.95. The van der Waals surface area contributed by atoms with Gasteiger partial charge in [0.25, 0.3) is 0 Å². The molecule has 0 aliphatic carbocycles. The Bertz CT molecular complexity index is 604. The minimum Gasteiger partial charge on any atom is -0.459 e. The Morgan fingerprint density at radius 1 is 1.50 bits per heavy atom. The minimum atomic E-state index is -0.557. The van der Waals surface area contributed by atoms with Gasteiger partial charge >= 0.3 is 5.97 Å². The smallest absolute Gasteiger partial charge is 0.338 e. The van der Waals surface area contributed by atoms with E-state index < -0.39 is 12.1 Å². The summed E-state index contributed by atoms with van der Waals surface area (Å²) in [6, 6.07) is 8.92. The number of rotatable bonds is 4. The Balaban J connectivity index is 1.89. The average Bonchev–Trinajstić information content (AvgIpc) is 2.88. The highest BCUT2D eigenvalue weighted by Crippen LogP contribution is 2.27. The molecule has 6 nitrogen and oxygen atoms in total. The van der Waals surface area contributed by atoms with E-state index >= 15 is 0 Å². The molecule has 1 aromatic carbocycles. The zero-order valence-electron chi connectivity index (χ0n) is 12.5. The van der Waals surface area contributed by atoms with Crippen LogP contribution in [-0.4, -0.2) is 35.7 Å². The third-order valence-electron chi connectivity index (χ3n) is 3.67. The van der Waals surface area contributed by atoms with Gasteiger partial charge in [-0.1, -0.05) is 29.8 Å². The van der Waals surface area contributed by atoms with E-state index in [4.69, 9.17) is 19.9 Å². The lowest BCUT2D eigenvalue weighted by molar-refractivity contribution is 0.00575. The second kappa shape index (κ2) is 7.05. The highest BCUT2D eigenvalue weighted by molar-refractivity contribution is 6.01. The van der Waals surface area contributed by atoms with Crippen LogP contribution in [0.25, 0.3) is 0 Å². The first-order valence-electron chi connectivity index (χ1n) is 7.06. The number of esters is 1. The summed E-state index contributed by atoms with van der Waals surface area (Å²) in [5, 5.41) is 20.6. The van der Waals surface area contributed by atoms with Crippen molar-refractivity contribution in [3.63, 3.8) is 0 Å². The maximum absolute atomic E-state index is 11.9. The lowest BCUT2D eigenvalue weighted by Crippen LogP contribution is -2.26. The van der Waals surface area contributed by atoms with Gasteiger partial charge in [-0.3, -0.25) is 0 Å². The molecule has 0 spiro atoms. The fourth-order valence-electron chi connectivity index (χ4n) is 2.46. The largest absolute Gasteiger partial charge is 0.459 e. The number of nitriles is 1. The van der Waals surface area contributed by atoms with Gasteiger partial charge in [0.2, 0.25) is 0 Å². The molecular formula is C16H18N2O4. The van der Waals surface area contributed by atoms with Crippen molar-refractivity contribution in [2.24, 2.45) is 11.1 Å². The van der Waals surface area contributed by atoms with E-state index in [1.807, 2.05) is 32.0 Å². The summed E-state index contributed by atoms with van der Waals surface area (Å²) in [7, 11) is 0. The van der Waals surface area contributed by atoms with E-state index in [-0.39, 0.29) is 24.3 Å². The van der Waals surface area contributed by atoms with Crippen LogP contribution < -0.4 is 0 Å².